The number of H-pyrrole nitrogens is 1. The highest BCUT2D eigenvalue weighted by Crippen LogP contribution is 2.19. The maximum absolute atomic E-state index is 12.2. The number of ether oxygens (including phenoxy) is 1. The molecule has 2 heterocycles. The van der Waals surface area contributed by atoms with Crippen molar-refractivity contribution < 1.29 is 9.53 Å². The summed E-state index contributed by atoms with van der Waals surface area (Å²) in [6.45, 7) is 0.380. The van der Waals surface area contributed by atoms with E-state index >= 15 is 0 Å². The van der Waals surface area contributed by atoms with Crippen LogP contribution in [0.3, 0.4) is 0 Å². The van der Waals surface area contributed by atoms with Crippen molar-refractivity contribution in [1.82, 2.24) is 15.3 Å². The molecule has 6 nitrogen and oxygen atoms in total. The Morgan fingerprint density at radius 2 is 2.12 bits per heavy atom. The minimum atomic E-state index is -0.171. The van der Waals surface area contributed by atoms with Gasteiger partial charge in [0.2, 0.25) is 5.91 Å². The Balaban J connectivity index is 1.64. The second-order valence-corrected chi connectivity index (χ2v) is 5.67. The third kappa shape index (κ3) is 4.23. The fourth-order valence-corrected chi connectivity index (χ4v) is 2.57. The second-order valence-electron chi connectivity index (χ2n) is 5.67. The van der Waals surface area contributed by atoms with Gasteiger partial charge in [-0.05, 0) is 42.8 Å². The van der Waals surface area contributed by atoms with E-state index in [1.807, 2.05) is 30.3 Å². The number of methoxy groups -OCH3 is 1. The summed E-state index contributed by atoms with van der Waals surface area (Å²) in [5.41, 5.74) is 1.95. The molecule has 1 aromatic carbocycles. The molecule has 6 heteroatoms. The number of aromatic nitrogens is 2. The van der Waals surface area contributed by atoms with Gasteiger partial charge in [0.25, 0.3) is 5.56 Å². The average Bonchev–Trinajstić information content (AvgIpc) is 2.65. The summed E-state index contributed by atoms with van der Waals surface area (Å²) in [6, 6.07) is 12.8. The topological polar surface area (TPSA) is 84.1 Å². The standard InChI is InChI=1S/C19H19N3O3/c1-25-16-6-7-17-14(11-16)10-13(19(24)22-17)5-8-18(23)21-12-15-4-2-3-9-20-15/h2-4,6-7,9-11H,5,8,12H2,1H3,(H,21,23)(H,22,24). The van der Waals surface area contributed by atoms with E-state index in [1.165, 1.54) is 0 Å². The highest BCUT2D eigenvalue weighted by atomic mass is 16.5. The predicted octanol–water partition coefficient (Wildman–Crippen LogP) is 2.18. The quantitative estimate of drug-likeness (QED) is 0.722. The van der Waals surface area contributed by atoms with Crippen LogP contribution in [0.5, 0.6) is 5.75 Å². The third-order valence-corrected chi connectivity index (χ3v) is 3.94. The Morgan fingerprint density at radius 1 is 1.24 bits per heavy atom. The lowest BCUT2D eigenvalue weighted by Crippen LogP contribution is -2.24. The Hall–Kier alpha value is -3.15. The van der Waals surface area contributed by atoms with Gasteiger partial charge in [0, 0.05) is 29.1 Å². The molecule has 1 amide bonds. The lowest BCUT2D eigenvalue weighted by molar-refractivity contribution is -0.121. The molecule has 0 aliphatic carbocycles. The van der Waals surface area contributed by atoms with Crippen molar-refractivity contribution in [2.24, 2.45) is 0 Å². The van der Waals surface area contributed by atoms with Crippen molar-refractivity contribution in [2.75, 3.05) is 7.11 Å². The van der Waals surface area contributed by atoms with E-state index in [0.29, 0.717) is 18.5 Å². The van der Waals surface area contributed by atoms with E-state index in [2.05, 4.69) is 15.3 Å². The van der Waals surface area contributed by atoms with E-state index in [0.717, 1.165) is 22.3 Å². The summed E-state index contributed by atoms with van der Waals surface area (Å²) in [6.07, 6.45) is 2.30. The van der Waals surface area contributed by atoms with E-state index in [4.69, 9.17) is 4.74 Å². The van der Waals surface area contributed by atoms with Crippen LogP contribution in [0.2, 0.25) is 0 Å². The summed E-state index contributed by atoms with van der Waals surface area (Å²) in [7, 11) is 1.60. The van der Waals surface area contributed by atoms with Gasteiger partial charge in [-0.25, -0.2) is 0 Å². The third-order valence-electron chi connectivity index (χ3n) is 3.94. The first-order valence-corrected chi connectivity index (χ1v) is 8.02. The normalized spacial score (nSPS) is 10.6. The van der Waals surface area contributed by atoms with Crippen LogP contribution < -0.4 is 15.6 Å². The molecule has 0 atom stereocenters. The van der Waals surface area contributed by atoms with E-state index in [-0.39, 0.29) is 17.9 Å². The lowest BCUT2D eigenvalue weighted by Gasteiger charge is -2.06. The number of carbonyl (C=O) groups excluding carboxylic acids is 1. The summed E-state index contributed by atoms with van der Waals surface area (Å²) < 4.78 is 5.20. The first kappa shape index (κ1) is 16.7. The van der Waals surface area contributed by atoms with Gasteiger partial charge in [-0.3, -0.25) is 14.6 Å². The minimum absolute atomic E-state index is 0.115. The van der Waals surface area contributed by atoms with Gasteiger partial charge in [0.15, 0.2) is 0 Å². The molecular weight excluding hydrogens is 318 g/mol. The molecule has 0 aliphatic heterocycles. The number of rotatable bonds is 6. The molecule has 0 unspecified atom stereocenters. The molecule has 0 aliphatic rings. The van der Waals surface area contributed by atoms with Gasteiger partial charge in [-0.1, -0.05) is 6.07 Å². The van der Waals surface area contributed by atoms with Crippen molar-refractivity contribution in [3.05, 3.63) is 70.3 Å². The zero-order chi connectivity index (χ0) is 17.6. The Morgan fingerprint density at radius 3 is 2.88 bits per heavy atom. The van der Waals surface area contributed by atoms with Crippen molar-refractivity contribution >= 4 is 16.8 Å². The molecule has 3 aromatic rings. The SMILES string of the molecule is COc1ccc2[nH]c(=O)c(CCC(=O)NCc3ccccn3)cc2c1. The van der Waals surface area contributed by atoms with Crippen LogP contribution in [0.15, 0.2) is 53.5 Å². The highest BCUT2D eigenvalue weighted by molar-refractivity contribution is 5.81. The lowest BCUT2D eigenvalue weighted by atomic mass is 10.1. The molecule has 0 saturated carbocycles. The van der Waals surface area contributed by atoms with Crippen LogP contribution in [0, 0.1) is 0 Å². The largest absolute Gasteiger partial charge is 0.497 e. The first-order chi connectivity index (χ1) is 12.2. The molecule has 128 valence electrons. The number of benzene rings is 1. The zero-order valence-corrected chi connectivity index (χ0v) is 13.9. The monoisotopic (exact) mass is 337 g/mol. The Labute approximate surface area is 144 Å². The molecular formula is C19H19N3O3. The molecule has 2 N–H and O–H groups in total. The van der Waals surface area contributed by atoms with Gasteiger partial charge >= 0.3 is 0 Å². The van der Waals surface area contributed by atoms with E-state index < -0.39 is 0 Å². The van der Waals surface area contributed by atoms with Crippen molar-refractivity contribution in [2.45, 2.75) is 19.4 Å². The molecule has 3 rings (SSSR count). The number of carbonyl (C=O) groups is 1. The second kappa shape index (κ2) is 7.61. The Bertz CT molecular complexity index is 936. The number of amides is 1. The van der Waals surface area contributed by atoms with Crippen molar-refractivity contribution in [1.29, 1.82) is 0 Å². The molecule has 2 aromatic heterocycles. The van der Waals surface area contributed by atoms with Gasteiger partial charge < -0.3 is 15.0 Å². The van der Waals surface area contributed by atoms with Gasteiger partial charge in [-0.2, -0.15) is 0 Å². The molecule has 25 heavy (non-hydrogen) atoms. The molecule has 0 saturated heterocycles. The molecule has 0 spiro atoms. The van der Waals surface area contributed by atoms with Crippen LogP contribution in [-0.4, -0.2) is 23.0 Å². The van der Waals surface area contributed by atoms with Gasteiger partial charge in [0.05, 0.1) is 19.3 Å². The number of hydrogen-bond donors (Lipinski definition) is 2. The van der Waals surface area contributed by atoms with Crippen LogP contribution in [0.4, 0.5) is 0 Å². The average molecular weight is 337 g/mol. The molecule has 0 bridgehead atoms. The van der Waals surface area contributed by atoms with Crippen LogP contribution in [0.1, 0.15) is 17.7 Å². The number of nitrogens with one attached hydrogen (secondary N) is 2. The summed E-state index contributed by atoms with van der Waals surface area (Å²) >= 11 is 0. The van der Waals surface area contributed by atoms with Gasteiger partial charge in [0.1, 0.15) is 5.75 Å². The fraction of sp³-hybridized carbons (Fsp3) is 0.211. The number of pyridine rings is 2. The van der Waals surface area contributed by atoms with Crippen LogP contribution in [-0.2, 0) is 17.8 Å². The summed E-state index contributed by atoms with van der Waals surface area (Å²) in [5.74, 6) is 0.606. The van der Waals surface area contributed by atoms with Gasteiger partial charge in [-0.15, -0.1) is 0 Å². The smallest absolute Gasteiger partial charge is 0.251 e. The Kier molecular flexibility index (Phi) is 5.09. The molecule has 0 fully saturated rings. The zero-order valence-electron chi connectivity index (χ0n) is 13.9. The number of fused-ring (bicyclic) bond motifs is 1. The van der Waals surface area contributed by atoms with Crippen LogP contribution >= 0.6 is 0 Å². The maximum Gasteiger partial charge on any atom is 0.251 e. The van der Waals surface area contributed by atoms with Crippen LogP contribution in [0.25, 0.3) is 10.9 Å². The fourth-order valence-electron chi connectivity index (χ4n) is 2.57. The van der Waals surface area contributed by atoms with Crippen molar-refractivity contribution in [3.63, 3.8) is 0 Å². The number of nitrogens with zero attached hydrogens (tertiary/aromatic N) is 1. The minimum Gasteiger partial charge on any atom is -0.497 e. The number of hydrogen-bond acceptors (Lipinski definition) is 4. The van der Waals surface area contributed by atoms with E-state index in [1.54, 1.807) is 25.4 Å². The molecule has 0 radical (unpaired) electrons. The first-order valence-electron chi connectivity index (χ1n) is 8.02. The number of aromatic amines is 1. The predicted molar refractivity (Wildman–Crippen MR) is 95.5 cm³/mol. The summed E-state index contributed by atoms with van der Waals surface area (Å²) in [4.78, 5) is 31.1. The highest BCUT2D eigenvalue weighted by Gasteiger charge is 2.08. The number of aryl methyl sites for hydroxylation is 1. The van der Waals surface area contributed by atoms with Crippen molar-refractivity contribution in [3.8, 4) is 5.75 Å². The maximum atomic E-state index is 12.2. The summed E-state index contributed by atoms with van der Waals surface area (Å²) in [5, 5.41) is 3.69. The van der Waals surface area contributed by atoms with E-state index in [9.17, 15) is 9.59 Å².